The number of rotatable bonds is 4. The molecule has 19 heavy (non-hydrogen) atoms. The summed E-state index contributed by atoms with van der Waals surface area (Å²) in [7, 11) is 1.55. The standard InChI is InChI=1S/C14H15BrN2O2/c1-9(2)10-4-6-11(7-5-10)19-14-16-8-12(15)13(17-14)18-3/h4-9H,1-3H3. The molecule has 0 unspecified atom stereocenters. The van der Waals surface area contributed by atoms with Gasteiger partial charge in [-0.05, 0) is 39.5 Å². The fourth-order valence-corrected chi connectivity index (χ4v) is 1.91. The van der Waals surface area contributed by atoms with E-state index in [9.17, 15) is 0 Å². The predicted octanol–water partition coefficient (Wildman–Crippen LogP) is 4.16. The van der Waals surface area contributed by atoms with E-state index in [0.29, 0.717) is 22.0 Å². The summed E-state index contributed by atoms with van der Waals surface area (Å²) < 4.78 is 11.4. The summed E-state index contributed by atoms with van der Waals surface area (Å²) in [5, 5.41) is 0. The van der Waals surface area contributed by atoms with E-state index in [2.05, 4.69) is 39.7 Å². The summed E-state index contributed by atoms with van der Waals surface area (Å²) in [6.45, 7) is 4.30. The first-order valence-electron chi connectivity index (χ1n) is 5.94. The second kappa shape index (κ2) is 6.02. The number of methoxy groups -OCH3 is 1. The summed E-state index contributed by atoms with van der Waals surface area (Å²) in [6, 6.07) is 8.16. The van der Waals surface area contributed by atoms with Gasteiger partial charge in [0.2, 0.25) is 5.88 Å². The Kier molecular flexibility index (Phi) is 4.37. The van der Waals surface area contributed by atoms with Crippen molar-refractivity contribution < 1.29 is 9.47 Å². The van der Waals surface area contributed by atoms with Crippen molar-refractivity contribution in [2.45, 2.75) is 19.8 Å². The molecule has 100 valence electrons. The quantitative estimate of drug-likeness (QED) is 0.847. The summed E-state index contributed by atoms with van der Waals surface area (Å²) in [5.74, 6) is 1.65. The molecule has 0 spiro atoms. The minimum Gasteiger partial charge on any atom is -0.480 e. The van der Waals surface area contributed by atoms with Crippen LogP contribution in [0, 0.1) is 0 Å². The van der Waals surface area contributed by atoms with E-state index >= 15 is 0 Å². The highest BCUT2D eigenvalue weighted by Gasteiger charge is 2.07. The highest BCUT2D eigenvalue weighted by atomic mass is 79.9. The van der Waals surface area contributed by atoms with Crippen molar-refractivity contribution in [1.82, 2.24) is 9.97 Å². The van der Waals surface area contributed by atoms with Crippen LogP contribution in [0.2, 0.25) is 0 Å². The maximum absolute atomic E-state index is 5.59. The molecule has 0 N–H and O–H groups in total. The van der Waals surface area contributed by atoms with Crippen molar-refractivity contribution in [2.75, 3.05) is 7.11 Å². The summed E-state index contributed by atoms with van der Waals surface area (Å²) in [6.07, 6.45) is 1.60. The molecule has 0 aliphatic heterocycles. The zero-order valence-corrected chi connectivity index (χ0v) is 12.6. The molecule has 1 heterocycles. The molecule has 4 nitrogen and oxygen atoms in total. The first-order valence-corrected chi connectivity index (χ1v) is 6.74. The van der Waals surface area contributed by atoms with E-state index in [0.717, 1.165) is 0 Å². The maximum Gasteiger partial charge on any atom is 0.325 e. The second-order valence-electron chi connectivity index (χ2n) is 4.34. The van der Waals surface area contributed by atoms with Gasteiger partial charge in [-0.25, -0.2) is 4.98 Å². The van der Waals surface area contributed by atoms with Gasteiger partial charge in [0.15, 0.2) is 0 Å². The fourth-order valence-electron chi connectivity index (χ4n) is 1.55. The molecule has 0 radical (unpaired) electrons. The van der Waals surface area contributed by atoms with Crippen molar-refractivity contribution in [3.63, 3.8) is 0 Å². The van der Waals surface area contributed by atoms with Crippen LogP contribution in [0.25, 0.3) is 0 Å². The molecule has 0 saturated carbocycles. The molecule has 1 aromatic carbocycles. The Balaban J connectivity index is 2.16. The molecule has 5 heteroatoms. The lowest BCUT2D eigenvalue weighted by molar-refractivity contribution is 0.373. The van der Waals surface area contributed by atoms with Crippen LogP contribution in [-0.4, -0.2) is 17.1 Å². The van der Waals surface area contributed by atoms with Crippen LogP contribution in [0.3, 0.4) is 0 Å². The van der Waals surface area contributed by atoms with Gasteiger partial charge in [0.1, 0.15) is 5.75 Å². The SMILES string of the molecule is COc1nc(Oc2ccc(C(C)C)cc2)ncc1Br. The Hall–Kier alpha value is -1.62. The number of aromatic nitrogens is 2. The van der Waals surface area contributed by atoms with E-state index in [1.165, 1.54) is 5.56 Å². The van der Waals surface area contributed by atoms with E-state index in [4.69, 9.17) is 9.47 Å². The molecular formula is C14H15BrN2O2. The van der Waals surface area contributed by atoms with E-state index in [-0.39, 0.29) is 6.01 Å². The summed E-state index contributed by atoms with van der Waals surface area (Å²) >= 11 is 3.30. The van der Waals surface area contributed by atoms with Crippen LogP contribution in [0.15, 0.2) is 34.9 Å². The lowest BCUT2D eigenvalue weighted by Crippen LogP contribution is -1.96. The van der Waals surface area contributed by atoms with E-state index in [1.54, 1.807) is 13.3 Å². The molecule has 0 atom stereocenters. The van der Waals surface area contributed by atoms with Crippen LogP contribution < -0.4 is 9.47 Å². The molecule has 0 aliphatic carbocycles. The van der Waals surface area contributed by atoms with Crippen LogP contribution in [-0.2, 0) is 0 Å². The third-order valence-electron chi connectivity index (χ3n) is 2.64. The third-order valence-corrected chi connectivity index (χ3v) is 3.18. The lowest BCUT2D eigenvalue weighted by Gasteiger charge is -2.08. The van der Waals surface area contributed by atoms with Gasteiger partial charge < -0.3 is 9.47 Å². The van der Waals surface area contributed by atoms with Gasteiger partial charge in [-0.15, -0.1) is 0 Å². The monoisotopic (exact) mass is 322 g/mol. The first-order chi connectivity index (χ1) is 9.10. The maximum atomic E-state index is 5.59. The number of hydrogen-bond donors (Lipinski definition) is 0. The zero-order valence-electron chi connectivity index (χ0n) is 11.1. The van der Waals surface area contributed by atoms with Gasteiger partial charge in [-0.2, -0.15) is 4.98 Å². The average molecular weight is 323 g/mol. The minimum atomic E-state index is 0.261. The van der Waals surface area contributed by atoms with Gasteiger partial charge >= 0.3 is 6.01 Å². The minimum absolute atomic E-state index is 0.261. The summed E-state index contributed by atoms with van der Waals surface area (Å²) in [5.41, 5.74) is 1.27. The molecule has 0 amide bonds. The topological polar surface area (TPSA) is 44.2 Å². The van der Waals surface area contributed by atoms with Crippen LogP contribution in [0.5, 0.6) is 17.6 Å². The zero-order chi connectivity index (χ0) is 13.8. The molecule has 0 fully saturated rings. The molecule has 0 saturated heterocycles. The number of hydrogen-bond acceptors (Lipinski definition) is 4. The highest BCUT2D eigenvalue weighted by molar-refractivity contribution is 9.10. The third kappa shape index (κ3) is 3.44. The Bertz CT molecular complexity index is 556. The van der Waals surface area contributed by atoms with Crippen molar-refractivity contribution in [3.05, 3.63) is 40.5 Å². The smallest absolute Gasteiger partial charge is 0.325 e. The molecule has 0 aliphatic rings. The number of halogens is 1. The Morgan fingerprint density at radius 2 is 1.84 bits per heavy atom. The Morgan fingerprint density at radius 1 is 1.16 bits per heavy atom. The van der Waals surface area contributed by atoms with Crippen molar-refractivity contribution in [3.8, 4) is 17.6 Å². The number of nitrogens with zero attached hydrogens (tertiary/aromatic N) is 2. The number of ether oxygens (including phenoxy) is 2. The molecule has 2 aromatic rings. The van der Waals surface area contributed by atoms with Crippen molar-refractivity contribution in [2.24, 2.45) is 0 Å². The Morgan fingerprint density at radius 3 is 2.42 bits per heavy atom. The van der Waals surface area contributed by atoms with Gasteiger partial charge in [-0.1, -0.05) is 26.0 Å². The molecule has 2 rings (SSSR count). The molecular weight excluding hydrogens is 308 g/mol. The largest absolute Gasteiger partial charge is 0.480 e. The predicted molar refractivity (Wildman–Crippen MR) is 76.9 cm³/mol. The number of benzene rings is 1. The van der Waals surface area contributed by atoms with Gasteiger partial charge in [0, 0.05) is 0 Å². The Labute approximate surface area is 120 Å². The van der Waals surface area contributed by atoms with Gasteiger partial charge in [-0.3, -0.25) is 0 Å². The molecule has 1 aromatic heterocycles. The van der Waals surface area contributed by atoms with Crippen LogP contribution >= 0.6 is 15.9 Å². The highest BCUT2D eigenvalue weighted by Crippen LogP contribution is 2.26. The lowest BCUT2D eigenvalue weighted by atomic mass is 10.0. The van der Waals surface area contributed by atoms with E-state index in [1.807, 2.05) is 24.3 Å². The molecule has 0 bridgehead atoms. The normalized spacial score (nSPS) is 10.6. The summed E-state index contributed by atoms with van der Waals surface area (Å²) in [4.78, 5) is 8.22. The average Bonchev–Trinajstić information content (AvgIpc) is 2.41. The van der Waals surface area contributed by atoms with Crippen molar-refractivity contribution >= 4 is 15.9 Å². The van der Waals surface area contributed by atoms with Crippen LogP contribution in [0.4, 0.5) is 0 Å². The fraction of sp³-hybridized carbons (Fsp3) is 0.286. The van der Waals surface area contributed by atoms with Crippen LogP contribution in [0.1, 0.15) is 25.3 Å². The van der Waals surface area contributed by atoms with Gasteiger partial charge in [0.25, 0.3) is 0 Å². The van der Waals surface area contributed by atoms with Gasteiger partial charge in [0.05, 0.1) is 17.8 Å². The second-order valence-corrected chi connectivity index (χ2v) is 5.19. The first kappa shape index (κ1) is 13.8. The van der Waals surface area contributed by atoms with Crippen molar-refractivity contribution in [1.29, 1.82) is 0 Å². The van der Waals surface area contributed by atoms with E-state index < -0.39 is 0 Å².